The number of anilines is 2. The van der Waals surface area contributed by atoms with Crippen molar-refractivity contribution >= 4 is 23.3 Å². The molecule has 1 N–H and O–H groups in total. The molecule has 0 bridgehead atoms. The van der Waals surface area contributed by atoms with Crippen molar-refractivity contribution < 1.29 is 0 Å². The van der Waals surface area contributed by atoms with Crippen LogP contribution in [0.3, 0.4) is 0 Å². The molecule has 1 saturated heterocycles. The van der Waals surface area contributed by atoms with Crippen LogP contribution >= 0.6 is 0 Å². The molecule has 4 heteroatoms. The van der Waals surface area contributed by atoms with Crippen LogP contribution in [-0.2, 0) is 0 Å². The van der Waals surface area contributed by atoms with Crippen LogP contribution in [0.1, 0.15) is 5.56 Å². The van der Waals surface area contributed by atoms with Crippen molar-refractivity contribution in [1.82, 2.24) is 5.32 Å². The molecule has 0 unspecified atom stereocenters. The molecule has 4 nitrogen and oxygen atoms in total. The number of aliphatic imine (C=N–C) groups is 1. The topological polar surface area (TPSA) is 30.9 Å². The lowest BCUT2D eigenvalue weighted by Gasteiger charge is -2.29. The summed E-state index contributed by atoms with van der Waals surface area (Å²) in [6.07, 6.45) is 1.92. The monoisotopic (exact) mass is 308 g/mol. The van der Waals surface area contributed by atoms with E-state index in [1.807, 2.05) is 20.3 Å². The van der Waals surface area contributed by atoms with Crippen molar-refractivity contribution in [3.05, 3.63) is 54.1 Å². The van der Waals surface area contributed by atoms with Crippen molar-refractivity contribution in [2.24, 2.45) is 4.99 Å². The molecule has 0 saturated carbocycles. The van der Waals surface area contributed by atoms with Gasteiger partial charge in [-0.15, -0.1) is 0 Å². The van der Waals surface area contributed by atoms with Crippen LogP contribution < -0.4 is 15.1 Å². The second kappa shape index (κ2) is 7.29. The first kappa shape index (κ1) is 15.6. The molecule has 1 aliphatic heterocycles. The van der Waals surface area contributed by atoms with E-state index in [4.69, 9.17) is 0 Å². The van der Waals surface area contributed by atoms with E-state index in [1.54, 1.807) is 0 Å². The maximum Gasteiger partial charge on any atom is 0.0631 e. The molecule has 2 aromatic rings. The molecule has 1 fully saturated rings. The fourth-order valence-corrected chi connectivity index (χ4v) is 2.68. The van der Waals surface area contributed by atoms with Gasteiger partial charge in [0.25, 0.3) is 0 Å². The van der Waals surface area contributed by atoms with Crippen LogP contribution in [-0.4, -0.2) is 46.5 Å². The molecule has 0 aliphatic carbocycles. The van der Waals surface area contributed by atoms with Gasteiger partial charge in [0, 0.05) is 57.9 Å². The second-order valence-electron chi connectivity index (χ2n) is 6.00. The van der Waals surface area contributed by atoms with Crippen LogP contribution in [0.15, 0.2) is 53.5 Å². The minimum atomic E-state index is 0.987. The number of nitrogens with one attached hydrogen (secondary N) is 1. The number of nitrogens with zero attached hydrogens (tertiary/aromatic N) is 3. The van der Waals surface area contributed by atoms with E-state index in [2.05, 4.69) is 68.6 Å². The van der Waals surface area contributed by atoms with Crippen molar-refractivity contribution in [3.8, 4) is 0 Å². The number of hydrogen-bond donors (Lipinski definition) is 1. The van der Waals surface area contributed by atoms with E-state index < -0.39 is 0 Å². The van der Waals surface area contributed by atoms with E-state index in [9.17, 15) is 0 Å². The molecule has 0 radical (unpaired) electrons. The average Bonchev–Trinajstić information content (AvgIpc) is 2.61. The number of benzene rings is 2. The van der Waals surface area contributed by atoms with Gasteiger partial charge in [-0.2, -0.15) is 0 Å². The molecule has 2 aromatic carbocycles. The third-order valence-electron chi connectivity index (χ3n) is 4.10. The van der Waals surface area contributed by atoms with Gasteiger partial charge in [0.15, 0.2) is 0 Å². The summed E-state index contributed by atoms with van der Waals surface area (Å²) >= 11 is 0. The summed E-state index contributed by atoms with van der Waals surface area (Å²) in [6.45, 7) is 4.26. The van der Waals surface area contributed by atoms with Crippen LogP contribution in [0, 0.1) is 0 Å². The summed E-state index contributed by atoms with van der Waals surface area (Å²) in [6, 6.07) is 16.9. The third kappa shape index (κ3) is 4.11. The number of hydrogen-bond acceptors (Lipinski definition) is 4. The van der Waals surface area contributed by atoms with Gasteiger partial charge < -0.3 is 15.1 Å². The van der Waals surface area contributed by atoms with Gasteiger partial charge in [0.2, 0.25) is 0 Å². The smallest absolute Gasteiger partial charge is 0.0631 e. The van der Waals surface area contributed by atoms with Gasteiger partial charge in [0.1, 0.15) is 0 Å². The van der Waals surface area contributed by atoms with Gasteiger partial charge in [-0.1, -0.05) is 12.1 Å². The van der Waals surface area contributed by atoms with E-state index >= 15 is 0 Å². The summed E-state index contributed by atoms with van der Waals surface area (Å²) in [5, 5.41) is 3.38. The van der Waals surface area contributed by atoms with Crippen molar-refractivity contribution in [3.63, 3.8) is 0 Å². The number of rotatable bonds is 4. The molecular formula is C19H24N4. The first-order valence-corrected chi connectivity index (χ1v) is 8.09. The lowest BCUT2D eigenvalue weighted by atomic mass is 10.2. The molecule has 0 aromatic heterocycles. The molecule has 0 amide bonds. The normalized spacial score (nSPS) is 15.1. The number of piperazine rings is 1. The van der Waals surface area contributed by atoms with Crippen molar-refractivity contribution in [1.29, 1.82) is 0 Å². The first-order chi connectivity index (χ1) is 11.2. The van der Waals surface area contributed by atoms with Crippen LogP contribution in [0.5, 0.6) is 0 Å². The zero-order valence-corrected chi connectivity index (χ0v) is 13.9. The first-order valence-electron chi connectivity index (χ1n) is 8.09. The highest BCUT2D eigenvalue weighted by Crippen LogP contribution is 2.20. The van der Waals surface area contributed by atoms with Crippen molar-refractivity contribution in [2.75, 3.05) is 50.1 Å². The minimum Gasteiger partial charge on any atom is -0.378 e. The second-order valence-corrected chi connectivity index (χ2v) is 6.00. The molecule has 3 rings (SSSR count). The maximum absolute atomic E-state index is 4.57. The zero-order valence-electron chi connectivity index (χ0n) is 13.9. The lowest BCUT2D eigenvalue weighted by molar-refractivity contribution is 0.589. The predicted molar refractivity (Wildman–Crippen MR) is 99.5 cm³/mol. The molecule has 0 spiro atoms. The lowest BCUT2D eigenvalue weighted by Crippen LogP contribution is -2.43. The summed E-state index contributed by atoms with van der Waals surface area (Å²) < 4.78 is 0. The summed E-state index contributed by atoms with van der Waals surface area (Å²) in [4.78, 5) is 9.07. The Morgan fingerprint density at radius 2 is 1.61 bits per heavy atom. The highest BCUT2D eigenvalue weighted by Gasteiger charge is 2.09. The van der Waals surface area contributed by atoms with Gasteiger partial charge in [-0.25, -0.2) is 0 Å². The highest BCUT2D eigenvalue weighted by molar-refractivity contribution is 5.82. The molecule has 23 heavy (non-hydrogen) atoms. The molecular weight excluding hydrogens is 284 g/mol. The summed E-state index contributed by atoms with van der Waals surface area (Å²) in [7, 11) is 4.09. The Morgan fingerprint density at radius 3 is 2.22 bits per heavy atom. The largest absolute Gasteiger partial charge is 0.378 e. The van der Waals surface area contributed by atoms with Crippen LogP contribution in [0.4, 0.5) is 17.1 Å². The Hall–Kier alpha value is -2.33. The maximum atomic E-state index is 4.57. The van der Waals surface area contributed by atoms with Gasteiger partial charge in [-0.05, 0) is 42.0 Å². The fourth-order valence-electron chi connectivity index (χ4n) is 2.68. The van der Waals surface area contributed by atoms with Gasteiger partial charge in [0.05, 0.1) is 5.69 Å². The van der Waals surface area contributed by atoms with Crippen LogP contribution in [0.2, 0.25) is 0 Å². The van der Waals surface area contributed by atoms with Gasteiger partial charge >= 0.3 is 0 Å². The van der Waals surface area contributed by atoms with E-state index in [0.717, 1.165) is 37.4 Å². The Labute approximate surface area is 138 Å². The highest BCUT2D eigenvalue weighted by atomic mass is 15.2. The summed E-state index contributed by atoms with van der Waals surface area (Å²) in [5.74, 6) is 0. The quantitative estimate of drug-likeness (QED) is 0.881. The van der Waals surface area contributed by atoms with E-state index in [0.29, 0.717) is 0 Å². The molecule has 120 valence electrons. The Kier molecular flexibility index (Phi) is 4.93. The minimum absolute atomic E-state index is 0.987. The Morgan fingerprint density at radius 1 is 0.957 bits per heavy atom. The van der Waals surface area contributed by atoms with Crippen molar-refractivity contribution in [2.45, 2.75) is 0 Å². The standard InChI is InChI=1S/C19H24N4/c1-22(2)18-7-3-16(4-8-18)15-21-17-5-9-19(10-6-17)23-13-11-20-12-14-23/h3-10,15,20H,11-14H2,1-2H3. The van der Waals surface area contributed by atoms with Gasteiger partial charge in [-0.3, -0.25) is 4.99 Å². The van der Waals surface area contributed by atoms with E-state index in [-0.39, 0.29) is 0 Å². The third-order valence-corrected chi connectivity index (χ3v) is 4.10. The van der Waals surface area contributed by atoms with E-state index in [1.165, 1.54) is 11.4 Å². The Bertz CT molecular complexity index is 638. The summed E-state index contributed by atoms with van der Waals surface area (Å²) in [5.41, 5.74) is 4.57. The SMILES string of the molecule is CN(C)c1ccc(C=Nc2ccc(N3CCNCC3)cc2)cc1. The zero-order chi connectivity index (χ0) is 16.1. The Balaban J connectivity index is 1.65. The molecule has 1 heterocycles. The molecule has 0 atom stereocenters. The van der Waals surface area contributed by atoms with Crippen LogP contribution in [0.25, 0.3) is 0 Å². The predicted octanol–water partition coefficient (Wildman–Crippen LogP) is 2.91. The fraction of sp³-hybridized carbons (Fsp3) is 0.316. The average molecular weight is 308 g/mol. The molecule has 1 aliphatic rings.